The maximum atomic E-state index is 9.76. The Kier molecular flexibility index (Phi) is 6.51. The van der Waals surface area contributed by atoms with Crippen LogP contribution in [0.25, 0.3) is 0 Å². The predicted molar refractivity (Wildman–Crippen MR) is 67.9 cm³/mol. The van der Waals surface area contributed by atoms with Crippen LogP contribution < -0.4 is 0 Å². The summed E-state index contributed by atoms with van der Waals surface area (Å²) in [5.74, 6) is 1.33. The molecule has 0 saturated carbocycles. The van der Waals surface area contributed by atoms with Gasteiger partial charge in [-0.3, -0.25) is 0 Å². The van der Waals surface area contributed by atoms with Crippen molar-refractivity contribution in [1.82, 2.24) is 0 Å². The van der Waals surface area contributed by atoms with Crippen molar-refractivity contribution in [3.8, 4) is 0 Å². The van der Waals surface area contributed by atoms with E-state index in [9.17, 15) is 5.11 Å². The van der Waals surface area contributed by atoms with Crippen LogP contribution in [-0.2, 0) is 0 Å². The fraction of sp³-hybridized carbons (Fsp3) is 1.00. The van der Waals surface area contributed by atoms with Crippen LogP contribution in [0.3, 0.4) is 0 Å². The third-order valence-corrected chi connectivity index (χ3v) is 3.66. The molecule has 0 fully saturated rings. The molecule has 1 nitrogen and oxygen atoms in total. The lowest BCUT2D eigenvalue weighted by atomic mass is 9.77. The van der Waals surface area contributed by atoms with E-state index in [0.29, 0.717) is 11.3 Å². The molecule has 0 rings (SSSR count). The standard InChI is InChI=1S/C14H30O/c1-11(2)10-13(15)8-7-9-14(5,6)12(3)4/h11-13,15H,7-10H2,1-6H3. The first-order valence-electron chi connectivity index (χ1n) is 6.43. The average molecular weight is 214 g/mol. The summed E-state index contributed by atoms with van der Waals surface area (Å²) in [7, 11) is 0. The van der Waals surface area contributed by atoms with Gasteiger partial charge in [0.15, 0.2) is 0 Å². The molecular formula is C14H30O. The molecule has 0 bridgehead atoms. The van der Waals surface area contributed by atoms with Gasteiger partial charge in [0.05, 0.1) is 6.10 Å². The largest absolute Gasteiger partial charge is 0.393 e. The second kappa shape index (κ2) is 6.52. The van der Waals surface area contributed by atoms with Crippen LogP contribution in [0.1, 0.15) is 67.2 Å². The van der Waals surface area contributed by atoms with Crippen LogP contribution >= 0.6 is 0 Å². The Hall–Kier alpha value is -0.0400. The zero-order valence-electron chi connectivity index (χ0n) is 11.5. The first-order chi connectivity index (χ1) is 6.75. The smallest absolute Gasteiger partial charge is 0.0542 e. The summed E-state index contributed by atoms with van der Waals surface area (Å²) < 4.78 is 0. The Morgan fingerprint density at radius 1 is 1.07 bits per heavy atom. The topological polar surface area (TPSA) is 20.2 Å². The fourth-order valence-electron chi connectivity index (χ4n) is 1.74. The Bertz CT molecular complexity index is 159. The number of hydrogen-bond acceptors (Lipinski definition) is 1. The summed E-state index contributed by atoms with van der Waals surface area (Å²) in [6, 6.07) is 0. The molecule has 0 spiro atoms. The molecule has 0 aromatic rings. The number of rotatable bonds is 7. The molecule has 0 aromatic carbocycles. The summed E-state index contributed by atoms with van der Waals surface area (Å²) >= 11 is 0. The Morgan fingerprint density at radius 2 is 1.60 bits per heavy atom. The highest BCUT2D eigenvalue weighted by Crippen LogP contribution is 2.32. The van der Waals surface area contributed by atoms with E-state index in [1.807, 2.05) is 0 Å². The molecule has 0 amide bonds. The summed E-state index contributed by atoms with van der Waals surface area (Å²) in [5.41, 5.74) is 0.414. The molecule has 0 radical (unpaired) electrons. The van der Waals surface area contributed by atoms with Crippen molar-refractivity contribution in [2.24, 2.45) is 17.3 Å². The predicted octanol–water partition coefficient (Wildman–Crippen LogP) is 4.25. The lowest BCUT2D eigenvalue weighted by Crippen LogP contribution is -2.20. The third kappa shape index (κ3) is 6.94. The minimum atomic E-state index is -0.0898. The van der Waals surface area contributed by atoms with Crippen LogP contribution in [-0.4, -0.2) is 11.2 Å². The average Bonchev–Trinajstić information content (AvgIpc) is 2.01. The van der Waals surface area contributed by atoms with E-state index in [-0.39, 0.29) is 6.10 Å². The maximum Gasteiger partial charge on any atom is 0.0542 e. The number of aliphatic hydroxyl groups excluding tert-OH is 1. The van der Waals surface area contributed by atoms with E-state index in [2.05, 4.69) is 41.5 Å². The van der Waals surface area contributed by atoms with Gasteiger partial charge in [-0.2, -0.15) is 0 Å². The Balaban J connectivity index is 3.70. The van der Waals surface area contributed by atoms with Gasteiger partial charge in [0.2, 0.25) is 0 Å². The SMILES string of the molecule is CC(C)CC(O)CCCC(C)(C)C(C)C. The molecule has 0 aliphatic heterocycles. The summed E-state index contributed by atoms with van der Waals surface area (Å²) in [4.78, 5) is 0. The summed E-state index contributed by atoms with van der Waals surface area (Å²) in [6.45, 7) is 13.6. The van der Waals surface area contributed by atoms with Crippen molar-refractivity contribution in [2.75, 3.05) is 0 Å². The summed E-state index contributed by atoms with van der Waals surface area (Å²) in [6.07, 6.45) is 4.20. The van der Waals surface area contributed by atoms with E-state index >= 15 is 0 Å². The Morgan fingerprint density at radius 3 is 2.00 bits per heavy atom. The van der Waals surface area contributed by atoms with Crippen molar-refractivity contribution in [3.05, 3.63) is 0 Å². The van der Waals surface area contributed by atoms with Gasteiger partial charge >= 0.3 is 0 Å². The quantitative estimate of drug-likeness (QED) is 0.672. The van der Waals surface area contributed by atoms with Gasteiger partial charge in [-0.05, 0) is 36.5 Å². The molecule has 15 heavy (non-hydrogen) atoms. The van der Waals surface area contributed by atoms with Gasteiger partial charge in [-0.25, -0.2) is 0 Å². The minimum absolute atomic E-state index is 0.0898. The monoisotopic (exact) mass is 214 g/mol. The zero-order chi connectivity index (χ0) is 12.1. The van der Waals surface area contributed by atoms with Gasteiger partial charge in [0.25, 0.3) is 0 Å². The van der Waals surface area contributed by atoms with Crippen molar-refractivity contribution < 1.29 is 5.11 Å². The van der Waals surface area contributed by atoms with Crippen molar-refractivity contribution in [1.29, 1.82) is 0 Å². The molecule has 1 heteroatoms. The minimum Gasteiger partial charge on any atom is -0.393 e. The molecule has 1 unspecified atom stereocenters. The van der Waals surface area contributed by atoms with E-state index in [1.54, 1.807) is 0 Å². The van der Waals surface area contributed by atoms with Gasteiger partial charge in [0, 0.05) is 0 Å². The molecule has 0 heterocycles. The molecule has 1 atom stereocenters. The van der Waals surface area contributed by atoms with Crippen molar-refractivity contribution in [3.63, 3.8) is 0 Å². The zero-order valence-corrected chi connectivity index (χ0v) is 11.5. The molecule has 0 saturated heterocycles. The van der Waals surface area contributed by atoms with E-state index in [4.69, 9.17) is 0 Å². The molecule has 92 valence electrons. The van der Waals surface area contributed by atoms with Crippen LogP contribution in [0.15, 0.2) is 0 Å². The van der Waals surface area contributed by atoms with Gasteiger partial charge in [-0.15, -0.1) is 0 Å². The number of hydrogen-bond donors (Lipinski definition) is 1. The van der Waals surface area contributed by atoms with Gasteiger partial charge < -0.3 is 5.11 Å². The van der Waals surface area contributed by atoms with Gasteiger partial charge in [-0.1, -0.05) is 48.0 Å². The normalized spacial score (nSPS) is 15.0. The van der Waals surface area contributed by atoms with Crippen LogP contribution in [0.2, 0.25) is 0 Å². The maximum absolute atomic E-state index is 9.76. The Labute approximate surface area is 96.3 Å². The molecule has 0 aromatic heterocycles. The van der Waals surface area contributed by atoms with Crippen LogP contribution in [0, 0.1) is 17.3 Å². The van der Waals surface area contributed by atoms with Crippen molar-refractivity contribution >= 4 is 0 Å². The fourth-order valence-corrected chi connectivity index (χ4v) is 1.74. The molecule has 1 N–H and O–H groups in total. The lowest BCUT2D eigenvalue weighted by Gasteiger charge is -2.29. The van der Waals surface area contributed by atoms with E-state index in [1.165, 1.54) is 6.42 Å². The molecule has 0 aliphatic rings. The van der Waals surface area contributed by atoms with Crippen LogP contribution in [0.4, 0.5) is 0 Å². The lowest BCUT2D eigenvalue weighted by molar-refractivity contribution is 0.125. The third-order valence-electron chi connectivity index (χ3n) is 3.66. The van der Waals surface area contributed by atoms with Gasteiger partial charge in [0.1, 0.15) is 0 Å². The first kappa shape index (κ1) is 15.0. The highest BCUT2D eigenvalue weighted by Gasteiger charge is 2.21. The summed E-state index contributed by atoms with van der Waals surface area (Å²) in [5, 5.41) is 9.76. The highest BCUT2D eigenvalue weighted by atomic mass is 16.3. The number of aliphatic hydroxyl groups is 1. The second-order valence-electron chi connectivity index (χ2n) is 6.32. The van der Waals surface area contributed by atoms with E-state index < -0.39 is 0 Å². The van der Waals surface area contributed by atoms with E-state index in [0.717, 1.165) is 25.2 Å². The highest BCUT2D eigenvalue weighted by molar-refractivity contribution is 4.73. The van der Waals surface area contributed by atoms with Crippen LogP contribution in [0.5, 0.6) is 0 Å². The molecular weight excluding hydrogens is 184 g/mol. The first-order valence-corrected chi connectivity index (χ1v) is 6.43. The van der Waals surface area contributed by atoms with Crippen molar-refractivity contribution in [2.45, 2.75) is 73.3 Å². The second-order valence-corrected chi connectivity index (χ2v) is 6.32. The molecule has 0 aliphatic carbocycles.